The van der Waals surface area contributed by atoms with E-state index in [0.29, 0.717) is 39.6 Å². The molecule has 0 amide bonds. The van der Waals surface area contributed by atoms with Crippen molar-refractivity contribution in [3.8, 4) is 78.3 Å². The summed E-state index contributed by atoms with van der Waals surface area (Å²) >= 11 is 0. The van der Waals surface area contributed by atoms with E-state index in [0.717, 1.165) is 163 Å². The molecule has 148 heavy (non-hydrogen) atoms. The lowest BCUT2D eigenvalue weighted by Gasteiger charge is -2.27. The number of ether oxygens (including phenoxy) is 4. The predicted octanol–water partition coefficient (Wildman–Crippen LogP) is 39.3. The molecule has 0 unspecified atom stereocenters. The first kappa shape index (κ1) is 98.8. The van der Waals surface area contributed by atoms with Crippen LogP contribution >= 0.6 is 0 Å². The topological polar surface area (TPSA) is 49.9 Å². The summed E-state index contributed by atoms with van der Waals surface area (Å²) in [6.45, 7) is 16.0. The highest BCUT2D eigenvalue weighted by Gasteiger charge is 2.23. The van der Waals surface area contributed by atoms with Gasteiger partial charge in [-0.25, -0.2) is 0 Å². The molecule has 0 aromatic heterocycles. The number of aryl methyl sites for hydroxylation is 2. The van der Waals surface area contributed by atoms with Crippen molar-refractivity contribution in [2.75, 3.05) is 46.0 Å². The number of hydrogen-bond donors (Lipinski definition) is 0. The fourth-order valence-electron chi connectivity index (χ4n) is 20.2. The van der Waals surface area contributed by atoms with Gasteiger partial charge in [0.1, 0.15) is 11.5 Å². The molecule has 0 fully saturated rings. The van der Waals surface area contributed by atoms with Gasteiger partial charge in [0.2, 0.25) is 0 Å². The van der Waals surface area contributed by atoms with Crippen LogP contribution in [-0.4, -0.2) is 26.4 Å². The first-order valence-corrected chi connectivity index (χ1v) is 52.9. The molecule has 0 aliphatic heterocycles. The van der Waals surface area contributed by atoms with E-state index < -0.39 is 0 Å². The third-order valence-electron chi connectivity index (χ3n) is 28.5. The van der Waals surface area contributed by atoms with Crippen LogP contribution in [0.3, 0.4) is 0 Å². The van der Waals surface area contributed by atoms with Gasteiger partial charge in [0.15, 0.2) is 0 Å². The van der Waals surface area contributed by atoms with E-state index in [1.54, 1.807) is 0 Å². The van der Waals surface area contributed by atoms with Crippen molar-refractivity contribution in [2.45, 2.75) is 117 Å². The molecule has 20 aromatic carbocycles. The van der Waals surface area contributed by atoms with Crippen LogP contribution in [0.2, 0.25) is 0 Å². The van der Waals surface area contributed by atoms with Crippen molar-refractivity contribution in [1.29, 1.82) is 0 Å². The number of fused-ring (bicyclic) bond motifs is 6. The number of rotatable bonds is 46. The monoisotopic (exact) mass is 1930 g/mol. The summed E-state index contributed by atoms with van der Waals surface area (Å²) in [6, 6.07) is 169. The Bertz CT molecular complexity index is 7220. The quantitative estimate of drug-likeness (QED) is 0.0276. The summed E-state index contributed by atoms with van der Waals surface area (Å²) in [4.78, 5) is 9.49. The van der Waals surface area contributed by atoms with Crippen LogP contribution in [0.1, 0.15) is 124 Å². The van der Waals surface area contributed by atoms with E-state index in [1.807, 2.05) is 60.7 Å². The van der Waals surface area contributed by atoms with Gasteiger partial charge in [0.05, 0.1) is 26.4 Å². The average Bonchev–Trinajstić information content (AvgIpc) is 0.730. The van der Waals surface area contributed by atoms with Crippen LogP contribution < -0.4 is 29.1 Å². The third kappa shape index (κ3) is 24.3. The first-order chi connectivity index (χ1) is 73.2. The van der Waals surface area contributed by atoms with E-state index in [-0.39, 0.29) is 0 Å². The second-order valence-electron chi connectivity index (χ2n) is 38.6. The molecule has 20 rings (SSSR count). The lowest BCUT2D eigenvalue weighted by atomic mass is 9.93. The highest BCUT2D eigenvalue weighted by atomic mass is 16.5. The Morgan fingerprint density at radius 3 is 0.682 bits per heavy atom. The summed E-state index contributed by atoms with van der Waals surface area (Å²) in [6.07, 6.45) is 19.6. The van der Waals surface area contributed by atoms with E-state index >= 15 is 0 Å². The zero-order chi connectivity index (χ0) is 100. The Hall–Kier alpha value is -16.6. The van der Waals surface area contributed by atoms with Crippen LogP contribution in [0.5, 0.6) is 11.5 Å². The minimum absolute atomic E-state index is 0.561. The normalized spacial score (nSPS) is 11.3. The standard InChI is InChI=1S/C140H128N4O4/c1-5-9-11-15-27-105-35-71-123(72-36-105)141(125-75-39-107(40-76-125)101-145-95-23-25-97-147-133-89-43-103(7-3)44-90-133)127-79-63-117(64-80-127)113-55-47-109(48-56-113)111-51-59-115(60-52-111)119-67-83-129(84-68-119)143(121-29-17-13-18-30-121)131-87-93-137-138-94-88-132(100-140(138)136-34-22-21-33-135(136)139(137)99-131)144(122-31-19-14-20-32-122)130-85-69-120(70-86-130)116-61-53-112(54-62-116)110-49-57-114(58-50-110)118-65-81-128(82-66-118)142(124-73-37-106(38-74-124)28-16-12-10-6-2)126-77-41-108(42-78-126)102-146-96-24-26-98-148-134-91-45-104(8-4)46-92-134/h7-8,13-14,17-22,29-94,99-100H,3-6,9-12,15-16,23-28,95-98,101-102H2,1-2H3. The van der Waals surface area contributed by atoms with Gasteiger partial charge < -0.3 is 38.5 Å². The number of para-hydroxylation sites is 2. The summed E-state index contributed by atoms with van der Waals surface area (Å²) in [5.41, 5.74) is 34.4. The molecule has 0 radical (unpaired) electrons. The zero-order valence-electron chi connectivity index (χ0n) is 85.0. The molecule has 8 heteroatoms. The SMILES string of the molecule is C=Cc1ccc(OCCCCOCc2ccc(N(c3ccc(CCCCCC)cc3)c3ccc(-c4ccc(-c5ccc(-c6ccc(N(c7ccccc7)c7ccc8c9ccc(N(c%10ccccc%10)c%10ccc(-c%11ccc(-c%12ccc(-c%13ccc(N(c%14ccc(CCCCCC)cc%14)c%14ccc(COCCCCOc%15ccc(C=C)cc%15)cc%14)cc%13)cc%12)cc%11)cc%10)cc9c9ccccc9c8c7)cc6)cc5)cc4)cc3)cc2)cc1. The summed E-state index contributed by atoms with van der Waals surface area (Å²) in [5.74, 6) is 1.76. The van der Waals surface area contributed by atoms with Crippen molar-refractivity contribution in [1.82, 2.24) is 0 Å². The number of anilines is 12. The van der Waals surface area contributed by atoms with Crippen molar-refractivity contribution in [3.05, 3.63) is 508 Å². The Morgan fingerprint density at radius 1 is 0.189 bits per heavy atom. The summed E-state index contributed by atoms with van der Waals surface area (Å²) in [5, 5.41) is 7.22. The van der Waals surface area contributed by atoms with Crippen LogP contribution in [0, 0.1) is 0 Å². The van der Waals surface area contributed by atoms with Crippen molar-refractivity contribution >= 4 is 113 Å². The first-order valence-electron chi connectivity index (χ1n) is 52.9. The van der Waals surface area contributed by atoms with Gasteiger partial charge in [-0.1, -0.05) is 369 Å². The van der Waals surface area contributed by atoms with Crippen LogP contribution in [0.25, 0.3) is 111 Å². The molecular weight excluding hydrogens is 1800 g/mol. The molecule has 8 nitrogen and oxygen atoms in total. The van der Waals surface area contributed by atoms with Crippen molar-refractivity contribution in [3.63, 3.8) is 0 Å². The zero-order valence-corrected chi connectivity index (χ0v) is 85.0. The van der Waals surface area contributed by atoms with Gasteiger partial charge in [-0.2, -0.15) is 0 Å². The second kappa shape index (κ2) is 48.8. The van der Waals surface area contributed by atoms with Gasteiger partial charge in [0.25, 0.3) is 0 Å². The molecule has 0 spiro atoms. The molecule has 0 aliphatic carbocycles. The predicted molar refractivity (Wildman–Crippen MR) is 628 cm³/mol. The maximum Gasteiger partial charge on any atom is 0.119 e. The highest BCUT2D eigenvalue weighted by Crippen LogP contribution is 2.47. The van der Waals surface area contributed by atoms with E-state index in [9.17, 15) is 0 Å². The van der Waals surface area contributed by atoms with Crippen LogP contribution in [-0.2, 0) is 35.5 Å². The van der Waals surface area contributed by atoms with Crippen molar-refractivity contribution < 1.29 is 18.9 Å². The summed E-state index contributed by atoms with van der Waals surface area (Å²) < 4.78 is 24.2. The molecule has 0 bridgehead atoms. The molecule has 0 saturated heterocycles. The smallest absolute Gasteiger partial charge is 0.119 e. The van der Waals surface area contributed by atoms with Gasteiger partial charge in [-0.15, -0.1) is 0 Å². The maximum absolute atomic E-state index is 6.16. The second-order valence-corrected chi connectivity index (χ2v) is 38.6. The molecule has 20 aromatic rings. The minimum atomic E-state index is 0.561. The van der Waals surface area contributed by atoms with Gasteiger partial charge in [0, 0.05) is 81.5 Å². The van der Waals surface area contributed by atoms with Crippen LogP contribution in [0.15, 0.2) is 474 Å². The molecule has 0 N–H and O–H groups in total. The average molecular weight is 1930 g/mol. The Morgan fingerprint density at radius 2 is 0.412 bits per heavy atom. The maximum atomic E-state index is 6.16. The fraction of sp³-hybridized carbons (Fsp3) is 0.157. The largest absolute Gasteiger partial charge is 0.494 e. The Balaban J connectivity index is 0.484. The van der Waals surface area contributed by atoms with E-state index in [2.05, 4.69) is 459 Å². The van der Waals surface area contributed by atoms with Crippen molar-refractivity contribution in [2.24, 2.45) is 0 Å². The van der Waals surface area contributed by atoms with E-state index in [1.165, 1.54) is 139 Å². The number of hydrogen-bond acceptors (Lipinski definition) is 8. The fourth-order valence-corrected chi connectivity index (χ4v) is 20.2. The molecule has 0 heterocycles. The van der Waals surface area contributed by atoms with E-state index in [4.69, 9.17) is 18.9 Å². The third-order valence-corrected chi connectivity index (χ3v) is 28.5. The summed E-state index contributed by atoms with van der Waals surface area (Å²) in [7, 11) is 0. The molecular formula is C140H128N4O4. The molecule has 0 aliphatic rings. The number of benzene rings is 20. The lowest BCUT2D eigenvalue weighted by molar-refractivity contribution is 0.113. The Labute approximate surface area is 874 Å². The van der Waals surface area contributed by atoms with Gasteiger partial charge in [-0.05, 0) is 354 Å². The Kier molecular flexibility index (Phi) is 32.6. The molecule has 0 atom stereocenters. The molecule has 0 saturated carbocycles. The highest BCUT2D eigenvalue weighted by molar-refractivity contribution is 6.26. The van der Waals surface area contributed by atoms with Gasteiger partial charge in [-0.3, -0.25) is 0 Å². The molecule has 732 valence electrons. The number of unbranched alkanes of at least 4 members (excludes halogenated alkanes) is 8. The van der Waals surface area contributed by atoms with Crippen LogP contribution in [0.4, 0.5) is 68.2 Å². The van der Waals surface area contributed by atoms with Gasteiger partial charge >= 0.3 is 0 Å². The lowest BCUT2D eigenvalue weighted by Crippen LogP contribution is -2.10. The minimum Gasteiger partial charge on any atom is -0.494 e. The number of nitrogens with zero attached hydrogens (tertiary/aromatic N) is 4.